The Morgan fingerprint density at radius 2 is 1.90 bits per heavy atom. The Bertz CT molecular complexity index is 357. The zero-order chi connectivity index (χ0) is 15.3. The van der Waals surface area contributed by atoms with Crippen LogP contribution >= 0.6 is 0 Å². The minimum absolute atomic E-state index is 0.00697. The summed E-state index contributed by atoms with van der Waals surface area (Å²) in [4.78, 5) is 23.0. The Morgan fingerprint density at radius 1 is 1.30 bits per heavy atom. The molecule has 0 aromatic heterocycles. The van der Waals surface area contributed by atoms with Crippen molar-refractivity contribution in [3.05, 3.63) is 0 Å². The second-order valence-corrected chi connectivity index (χ2v) is 5.23. The first-order valence-electron chi connectivity index (χ1n) is 6.69. The van der Waals surface area contributed by atoms with Crippen LogP contribution in [0.5, 0.6) is 0 Å². The van der Waals surface area contributed by atoms with E-state index in [1.807, 2.05) is 0 Å². The second-order valence-electron chi connectivity index (χ2n) is 5.23. The van der Waals surface area contributed by atoms with Crippen molar-refractivity contribution in [3.8, 4) is 0 Å². The van der Waals surface area contributed by atoms with Gasteiger partial charge < -0.3 is 10.1 Å². The number of esters is 1. The van der Waals surface area contributed by atoms with E-state index in [0.717, 1.165) is 0 Å². The van der Waals surface area contributed by atoms with E-state index in [2.05, 4.69) is 10.1 Å². The van der Waals surface area contributed by atoms with Gasteiger partial charge in [0.25, 0.3) is 0 Å². The van der Waals surface area contributed by atoms with Crippen molar-refractivity contribution in [2.75, 3.05) is 7.11 Å². The number of carbonyl (C=O) groups is 2. The molecule has 0 heterocycles. The molecular weight excluding hydrogens is 275 g/mol. The summed E-state index contributed by atoms with van der Waals surface area (Å²) in [5.41, 5.74) is 0. The van der Waals surface area contributed by atoms with Gasteiger partial charge in [-0.25, -0.2) is 0 Å². The van der Waals surface area contributed by atoms with E-state index in [1.54, 1.807) is 6.92 Å². The van der Waals surface area contributed by atoms with Crippen molar-refractivity contribution in [1.82, 2.24) is 5.32 Å². The normalized spacial score (nSPS) is 24.9. The van der Waals surface area contributed by atoms with E-state index in [4.69, 9.17) is 0 Å². The third-order valence-electron chi connectivity index (χ3n) is 3.61. The number of hydrogen-bond acceptors (Lipinski definition) is 3. The van der Waals surface area contributed by atoms with E-state index < -0.39 is 35.9 Å². The smallest absolute Gasteiger partial charge is 0.392 e. The number of hydrogen-bond donors (Lipinski definition) is 1. The molecule has 0 aromatic rings. The summed E-state index contributed by atoms with van der Waals surface area (Å²) < 4.78 is 43.2. The highest BCUT2D eigenvalue weighted by atomic mass is 19.4. The Balaban J connectivity index is 2.62. The summed E-state index contributed by atoms with van der Waals surface area (Å²) in [6.45, 7) is 1.57. The Morgan fingerprint density at radius 3 is 2.45 bits per heavy atom. The summed E-state index contributed by atoms with van der Waals surface area (Å²) in [6, 6.07) is -0.536. The molecule has 1 aliphatic rings. The van der Waals surface area contributed by atoms with E-state index in [1.165, 1.54) is 7.11 Å². The third kappa shape index (κ3) is 4.68. The topological polar surface area (TPSA) is 55.4 Å². The van der Waals surface area contributed by atoms with Crippen LogP contribution in [0.25, 0.3) is 0 Å². The van der Waals surface area contributed by atoms with Crippen LogP contribution in [-0.4, -0.2) is 31.2 Å². The van der Waals surface area contributed by atoms with Crippen LogP contribution in [0.15, 0.2) is 0 Å². The van der Waals surface area contributed by atoms with Crippen molar-refractivity contribution in [3.63, 3.8) is 0 Å². The van der Waals surface area contributed by atoms with Gasteiger partial charge in [-0.05, 0) is 19.8 Å². The van der Waals surface area contributed by atoms with Gasteiger partial charge in [0.2, 0.25) is 5.91 Å². The minimum Gasteiger partial charge on any atom is -0.469 e. The van der Waals surface area contributed by atoms with Gasteiger partial charge in [0.1, 0.15) is 0 Å². The molecule has 1 rings (SSSR count). The van der Waals surface area contributed by atoms with Crippen molar-refractivity contribution >= 4 is 11.9 Å². The first-order chi connectivity index (χ1) is 9.25. The average molecular weight is 295 g/mol. The first-order valence-corrected chi connectivity index (χ1v) is 6.69. The van der Waals surface area contributed by atoms with Gasteiger partial charge in [-0.1, -0.05) is 12.8 Å². The van der Waals surface area contributed by atoms with Gasteiger partial charge in [-0.15, -0.1) is 0 Å². The number of carbonyl (C=O) groups excluding carboxylic acids is 2. The van der Waals surface area contributed by atoms with E-state index in [-0.39, 0.29) is 19.3 Å². The van der Waals surface area contributed by atoms with Crippen LogP contribution in [0.1, 0.15) is 39.0 Å². The van der Waals surface area contributed by atoms with E-state index in [9.17, 15) is 22.8 Å². The average Bonchev–Trinajstić information content (AvgIpc) is 2.37. The van der Waals surface area contributed by atoms with Crippen molar-refractivity contribution in [1.29, 1.82) is 0 Å². The maximum Gasteiger partial charge on any atom is 0.392 e. The highest BCUT2D eigenvalue weighted by Crippen LogP contribution is 2.41. The fraction of sp³-hybridized carbons (Fsp3) is 0.846. The molecule has 1 amide bonds. The maximum atomic E-state index is 12.9. The molecule has 4 nitrogen and oxygen atoms in total. The summed E-state index contributed by atoms with van der Waals surface area (Å²) >= 11 is 0. The number of halogens is 3. The number of methoxy groups -OCH3 is 1. The third-order valence-corrected chi connectivity index (χ3v) is 3.61. The Kier molecular flexibility index (Phi) is 5.83. The summed E-state index contributed by atoms with van der Waals surface area (Å²) in [5.74, 6) is -3.76. The van der Waals surface area contributed by atoms with E-state index in [0.29, 0.717) is 12.8 Å². The maximum absolute atomic E-state index is 12.9. The molecule has 1 fully saturated rings. The highest BCUT2D eigenvalue weighted by molar-refractivity contribution is 5.80. The van der Waals surface area contributed by atoms with Gasteiger partial charge >= 0.3 is 12.1 Å². The number of ether oxygens (including phenoxy) is 1. The van der Waals surface area contributed by atoms with Crippen molar-refractivity contribution < 1.29 is 27.5 Å². The van der Waals surface area contributed by atoms with Crippen LogP contribution < -0.4 is 5.32 Å². The number of alkyl halides is 3. The monoisotopic (exact) mass is 295 g/mol. The molecule has 116 valence electrons. The lowest BCUT2D eigenvalue weighted by Gasteiger charge is -2.32. The zero-order valence-corrected chi connectivity index (χ0v) is 11.6. The molecule has 3 atom stereocenters. The molecule has 0 spiro atoms. The molecule has 0 radical (unpaired) electrons. The Labute approximate surface area is 116 Å². The quantitative estimate of drug-likeness (QED) is 0.810. The molecule has 1 aliphatic carbocycles. The van der Waals surface area contributed by atoms with Crippen LogP contribution in [-0.2, 0) is 14.3 Å². The fourth-order valence-electron chi connectivity index (χ4n) is 2.57. The summed E-state index contributed by atoms with van der Waals surface area (Å²) in [7, 11) is 1.22. The molecule has 0 unspecified atom stereocenters. The van der Waals surface area contributed by atoms with Crippen molar-refractivity contribution in [2.24, 2.45) is 11.8 Å². The van der Waals surface area contributed by atoms with Crippen LogP contribution in [0.2, 0.25) is 0 Å². The number of amides is 1. The molecule has 1 saturated carbocycles. The lowest BCUT2D eigenvalue weighted by Crippen LogP contribution is -2.45. The summed E-state index contributed by atoms with van der Waals surface area (Å²) in [6.07, 6.45) is -3.06. The second kappa shape index (κ2) is 6.95. The molecule has 0 aromatic carbocycles. The fourth-order valence-corrected chi connectivity index (χ4v) is 2.57. The van der Waals surface area contributed by atoms with Crippen LogP contribution in [0, 0.1) is 11.8 Å². The molecule has 20 heavy (non-hydrogen) atoms. The lowest BCUT2D eigenvalue weighted by molar-refractivity contribution is -0.198. The first kappa shape index (κ1) is 16.8. The minimum atomic E-state index is -4.35. The summed E-state index contributed by atoms with van der Waals surface area (Å²) in [5, 5.41) is 2.48. The van der Waals surface area contributed by atoms with Crippen LogP contribution in [0.4, 0.5) is 13.2 Å². The van der Waals surface area contributed by atoms with Gasteiger partial charge in [-0.2, -0.15) is 13.2 Å². The van der Waals surface area contributed by atoms with Gasteiger partial charge in [0, 0.05) is 12.0 Å². The SMILES string of the molecule is COC(=O)C[C@H](C)NC(=O)[C@@H]1CCCC[C@@H]1C(F)(F)F. The van der Waals surface area contributed by atoms with Gasteiger partial charge in [0.05, 0.1) is 19.4 Å². The van der Waals surface area contributed by atoms with Crippen molar-refractivity contribution in [2.45, 2.75) is 51.2 Å². The highest BCUT2D eigenvalue weighted by Gasteiger charge is 2.48. The molecular formula is C13H20F3NO3. The molecule has 7 heteroatoms. The predicted molar refractivity (Wildman–Crippen MR) is 65.7 cm³/mol. The standard InChI is InChI=1S/C13H20F3NO3/c1-8(7-11(18)20-2)17-12(19)9-5-3-4-6-10(9)13(14,15)16/h8-10H,3-7H2,1-2H3,(H,17,19)/t8-,9+,10-/m0/s1. The number of rotatable bonds is 4. The van der Waals surface area contributed by atoms with Crippen LogP contribution in [0.3, 0.4) is 0 Å². The molecule has 0 aliphatic heterocycles. The Hall–Kier alpha value is -1.27. The molecule has 0 saturated heterocycles. The number of nitrogens with one attached hydrogen (secondary N) is 1. The lowest BCUT2D eigenvalue weighted by atomic mass is 9.78. The largest absolute Gasteiger partial charge is 0.469 e. The molecule has 1 N–H and O–H groups in total. The van der Waals surface area contributed by atoms with Gasteiger partial charge in [-0.3, -0.25) is 9.59 Å². The van der Waals surface area contributed by atoms with Gasteiger partial charge in [0.15, 0.2) is 0 Å². The zero-order valence-electron chi connectivity index (χ0n) is 11.6. The molecule has 0 bridgehead atoms. The van der Waals surface area contributed by atoms with E-state index >= 15 is 0 Å². The predicted octanol–water partition coefficient (Wildman–Crippen LogP) is 2.42.